The highest BCUT2D eigenvalue weighted by atomic mass is 35.5. The second-order valence-electron chi connectivity index (χ2n) is 5.89. The molecule has 3 N–H and O–H groups in total. The van der Waals surface area contributed by atoms with Crippen molar-refractivity contribution >= 4 is 38.8 Å². The molecular weight excluding hydrogens is 318 g/mol. The molecule has 0 aliphatic rings. The molecule has 0 amide bonds. The average molecular weight is 334 g/mol. The summed E-state index contributed by atoms with van der Waals surface area (Å²) in [5.74, 6) is 0. The van der Waals surface area contributed by atoms with Crippen LogP contribution < -0.4 is 5.73 Å². The fraction of sp³-hybridized carbons (Fsp3) is 0.0476. The molecule has 4 rings (SSSR count). The monoisotopic (exact) mass is 333 g/mol. The van der Waals surface area contributed by atoms with Crippen molar-refractivity contribution in [3.8, 4) is 0 Å². The SMILES string of the molecule is Nc1cccc(C(O)c2c3ccccc3c(Cl)c3ccccc23)c1. The first-order valence-corrected chi connectivity index (χ1v) is 8.17. The summed E-state index contributed by atoms with van der Waals surface area (Å²) < 4.78 is 0. The summed E-state index contributed by atoms with van der Waals surface area (Å²) in [7, 11) is 0. The highest BCUT2D eigenvalue weighted by molar-refractivity contribution is 6.41. The third-order valence-electron chi connectivity index (χ3n) is 4.41. The highest BCUT2D eigenvalue weighted by Gasteiger charge is 2.19. The Morgan fingerprint density at radius 1 is 0.750 bits per heavy atom. The van der Waals surface area contributed by atoms with Gasteiger partial charge in [0.05, 0.1) is 5.02 Å². The van der Waals surface area contributed by atoms with Gasteiger partial charge in [-0.25, -0.2) is 0 Å². The molecule has 4 aromatic carbocycles. The Hall–Kier alpha value is -2.55. The smallest absolute Gasteiger partial charge is 0.105 e. The molecule has 0 fully saturated rings. The van der Waals surface area contributed by atoms with Crippen molar-refractivity contribution in [2.24, 2.45) is 0 Å². The number of aliphatic hydroxyl groups is 1. The van der Waals surface area contributed by atoms with Gasteiger partial charge in [-0.1, -0.05) is 72.3 Å². The molecule has 0 saturated heterocycles. The van der Waals surface area contributed by atoms with Gasteiger partial charge in [0.2, 0.25) is 0 Å². The number of nitrogens with two attached hydrogens (primary N) is 1. The molecule has 0 heterocycles. The van der Waals surface area contributed by atoms with E-state index in [4.69, 9.17) is 17.3 Å². The molecule has 3 heteroatoms. The lowest BCUT2D eigenvalue weighted by atomic mass is 9.90. The molecule has 1 atom stereocenters. The van der Waals surface area contributed by atoms with Crippen LogP contribution in [0.2, 0.25) is 5.02 Å². The van der Waals surface area contributed by atoms with Crippen molar-refractivity contribution in [3.05, 3.63) is 88.9 Å². The molecule has 2 nitrogen and oxygen atoms in total. The first-order chi connectivity index (χ1) is 11.7. The van der Waals surface area contributed by atoms with Gasteiger partial charge in [-0.2, -0.15) is 0 Å². The van der Waals surface area contributed by atoms with Gasteiger partial charge in [0.1, 0.15) is 6.10 Å². The first-order valence-electron chi connectivity index (χ1n) is 7.79. The number of hydrogen-bond acceptors (Lipinski definition) is 2. The van der Waals surface area contributed by atoms with Crippen LogP contribution in [0.25, 0.3) is 21.5 Å². The van der Waals surface area contributed by atoms with Crippen LogP contribution in [-0.4, -0.2) is 5.11 Å². The molecule has 24 heavy (non-hydrogen) atoms. The fourth-order valence-electron chi connectivity index (χ4n) is 3.30. The minimum atomic E-state index is -0.777. The van der Waals surface area contributed by atoms with E-state index in [-0.39, 0.29) is 0 Å². The van der Waals surface area contributed by atoms with Crippen molar-refractivity contribution in [2.45, 2.75) is 6.10 Å². The van der Waals surface area contributed by atoms with Gasteiger partial charge in [0.15, 0.2) is 0 Å². The summed E-state index contributed by atoms with van der Waals surface area (Å²) in [6, 6.07) is 23.2. The zero-order valence-electron chi connectivity index (χ0n) is 12.9. The Labute approximate surface area is 145 Å². The minimum Gasteiger partial charge on any atom is -0.399 e. The van der Waals surface area contributed by atoms with Gasteiger partial charge in [0.25, 0.3) is 0 Å². The standard InChI is InChI=1S/C21H16ClNO/c22-20-17-10-3-1-8-15(17)19(16-9-2-4-11-18(16)20)21(24)13-6-5-7-14(23)12-13/h1-12,21,24H,23H2. The molecule has 0 radical (unpaired) electrons. The number of aliphatic hydroxyl groups excluding tert-OH is 1. The van der Waals surface area contributed by atoms with Gasteiger partial charge >= 0.3 is 0 Å². The Morgan fingerprint density at radius 3 is 1.83 bits per heavy atom. The van der Waals surface area contributed by atoms with Gasteiger partial charge in [0, 0.05) is 22.0 Å². The maximum Gasteiger partial charge on any atom is 0.105 e. The summed E-state index contributed by atoms with van der Waals surface area (Å²) in [5, 5.41) is 15.6. The van der Waals surface area contributed by atoms with Crippen LogP contribution in [0.4, 0.5) is 5.69 Å². The summed E-state index contributed by atoms with van der Waals surface area (Å²) in [4.78, 5) is 0. The van der Waals surface area contributed by atoms with E-state index in [9.17, 15) is 5.11 Å². The lowest BCUT2D eigenvalue weighted by molar-refractivity contribution is 0.223. The number of benzene rings is 4. The van der Waals surface area contributed by atoms with Crippen LogP contribution in [0.1, 0.15) is 17.2 Å². The maximum atomic E-state index is 11.1. The molecule has 0 aliphatic heterocycles. The number of halogens is 1. The quantitative estimate of drug-likeness (QED) is 0.385. The lowest BCUT2D eigenvalue weighted by Crippen LogP contribution is -2.03. The van der Waals surface area contributed by atoms with Crippen molar-refractivity contribution < 1.29 is 5.11 Å². The Kier molecular flexibility index (Phi) is 3.64. The maximum absolute atomic E-state index is 11.1. The van der Waals surface area contributed by atoms with Crippen LogP contribution in [0.5, 0.6) is 0 Å². The second kappa shape index (κ2) is 5.82. The number of anilines is 1. The summed E-state index contributed by atoms with van der Waals surface area (Å²) in [5.41, 5.74) is 8.15. The van der Waals surface area contributed by atoms with Crippen molar-refractivity contribution in [3.63, 3.8) is 0 Å². The van der Waals surface area contributed by atoms with Crippen LogP contribution in [0.15, 0.2) is 72.8 Å². The first kappa shape index (κ1) is 15.0. The third kappa shape index (κ3) is 2.32. The van der Waals surface area contributed by atoms with E-state index in [1.165, 1.54) is 0 Å². The Morgan fingerprint density at radius 2 is 1.29 bits per heavy atom. The van der Waals surface area contributed by atoms with Crippen molar-refractivity contribution in [1.82, 2.24) is 0 Å². The Balaban J connectivity index is 2.11. The summed E-state index contributed by atoms with van der Waals surface area (Å²) in [6.07, 6.45) is -0.777. The molecule has 4 aromatic rings. The van der Waals surface area contributed by atoms with Crippen molar-refractivity contribution in [2.75, 3.05) is 5.73 Å². The van der Waals surface area contributed by atoms with E-state index in [1.807, 2.05) is 72.8 Å². The number of hydrogen-bond donors (Lipinski definition) is 2. The average Bonchev–Trinajstić information content (AvgIpc) is 2.62. The molecular formula is C21H16ClNO. The van der Waals surface area contributed by atoms with E-state index in [0.717, 1.165) is 32.7 Å². The van der Waals surface area contributed by atoms with Crippen LogP contribution >= 0.6 is 11.6 Å². The van der Waals surface area contributed by atoms with E-state index < -0.39 is 6.10 Å². The van der Waals surface area contributed by atoms with Crippen LogP contribution in [0, 0.1) is 0 Å². The van der Waals surface area contributed by atoms with E-state index >= 15 is 0 Å². The lowest BCUT2D eigenvalue weighted by Gasteiger charge is -2.19. The topological polar surface area (TPSA) is 46.2 Å². The van der Waals surface area contributed by atoms with E-state index in [1.54, 1.807) is 0 Å². The summed E-state index contributed by atoms with van der Waals surface area (Å²) in [6.45, 7) is 0. The predicted octanol–water partition coefficient (Wildman–Crippen LogP) is 5.31. The molecule has 0 bridgehead atoms. The van der Waals surface area contributed by atoms with E-state index in [2.05, 4.69) is 0 Å². The third-order valence-corrected chi connectivity index (χ3v) is 4.81. The molecule has 0 saturated carbocycles. The molecule has 118 valence electrons. The minimum absolute atomic E-state index is 0.633. The zero-order valence-corrected chi connectivity index (χ0v) is 13.7. The van der Waals surface area contributed by atoms with Gasteiger partial charge < -0.3 is 10.8 Å². The van der Waals surface area contributed by atoms with Crippen molar-refractivity contribution in [1.29, 1.82) is 0 Å². The van der Waals surface area contributed by atoms with Gasteiger partial charge in [-0.05, 0) is 28.5 Å². The largest absolute Gasteiger partial charge is 0.399 e. The molecule has 0 aromatic heterocycles. The molecule has 0 spiro atoms. The van der Waals surface area contributed by atoms with Gasteiger partial charge in [-0.3, -0.25) is 0 Å². The van der Waals surface area contributed by atoms with Crippen LogP contribution in [0.3, 0.4) is 0 Å². The number of rotatable bonds is 2. The highest BCUT2D eigenvalue weighted by Crippen LogP contribution is 2.40. The predicted molar refractivity (Wildman–Crippen MR) is 101 cm³/mol. The number of fused-ring (bicyclic) bond motifs is 2. The Bertz CT molecular complexity index is 1000. The number of nitrogen functional groups attached to an aromatic ring is 1. The van der Waals surface area contributed by atoms with Gasteiger partial charge in [-0.15, -0.1) is 0 Å². The normalized spacial score (nSPS) is 12.6. The molecule has 1 unspecified atom stereocenters. The fourth-order valence-corrected chi connectivity index (χ4v) is 3.63. The van der Waals surface area contributed by atoms with Crippen LogP contribution in [-0.2, 0) is 0 Å². The van der Waals surface area contributed by atoms with E-state index in [0.29, 0.717) is 10.7 Å². The second-order valence-corrected chi connectivity index (χ2v) is 6.27. The molecule has 0 aliphatic carbocycles. The summed E-state index contributed by atoms with van der Waals surface area (Å²) >= 11 is 6.62. The zero-order chi connectivity index (χ0) is 16.7.